The molecule has 2 N–H and O–H groups in total. The quantitative estimate of drug-likeness (QED) is 0.882. The molecule has 0 aromatic carbocycles. The van der Waals surface area contributed by atoms with Gasteiger partial charge in [-0.2, -0.15) is 4.98 Å². The first-order valence-electron chi connectivity index (χ1n) is 5.68. The van der Waals surface area contributed by atoms with Gasteiger partial charge in [0.1, 0.15) is 0 Å². The SMILES string of the molecule is CCCC(N)c1nc(Cc2csc(C)n2)no1. The van der Waals surface area contributed by atoms with Gasteiger partial charge in [0.2, 0.25) is 5.89 Å². The number of nitrogens with zero attached hydrogens (tertiary/aromatic N) is 3. The average molecular weight is 252 g/mol. The lowest BCUT2D eigenvalue weighted by Gasteiger charge is -2.01. The smallest absolute Gasteiger partial charge is 0.243 e. The van der Waals surface area contributed by atoms with Crippen LogP contribution in [0.5, 0.6) is 0 Å². The number of rotatable bonds is 5. The molecule has 0 radical (unpaired) electrons. The summed E-state index contributed by atoms with van der Waals surface area (Å²) in [5, 5.41) is 6.98. The summed E-state index contributed by atoms with van der Waals surface area (Å²) in [6.45, 7) is 4.06. The lowest BCUT2D eigenvalue weighted by molar-refractivity contribution is 0.345. The molecule has 0 saturated carbocycles. The first-order chi connectivity index (χ1) is 8.19. The minimum absolute atomic E-state index is 0.154. The summed E-state index contributed by atoms with van der Waals surface area (Å²) in [5.41, 5.74) is 6.88. The van der Waals surface area contributed by atoms with E-state index in [9.17, 15) is 0 Å². The van der Waals surface area contributed by atoms with E-state index in [1.807, 2.05) is 12.3 Å². The van der Waals surface area contributed by atoms with Crippen LogP contribution in [0.25, 0.3) is 0 Å². The monoisotopic (exact) mass is 252 g/mol. The predicted octanol–water partition coefficient (Wildman–Crippen LogP) is 2.23. The lowest BCUT2D eigenvalue weighted by atomic mass is 10.2. The number of nitrogens with two attached hydrogens (primary N) is 1. The molecule has 2 aromatic rings. The fourth-order valence-electron chi connectivity index (χ4n) is 1.58. The molecule has 0 bridgehead atoms. The lowest BCUT2D eigenvalue weighted by Crippen LogP contribution is -2.10. The number of aryl methyl sites for hydroxylation is 1. The van der Waals surface area contributed by atoms with Crippen molar-refractivity contribution < 1.29 is 4.52 Å². The molecule has 17 heavy (non-hydrogen) atoms. The molecule has 0 aliphatic rings. The molecule has 0 aliphatic heterocycles. The molecule has 2 heterocycles. The van der Waals surface area contributed by atoms with E-state index in [0.29, 0.717) is 18.1 Å². The Morgan fingerprint density at radius 3 is 2.94 bits per heavy atom. The standard InChI is InChI=1S/C11H16N4OS/c1-3-4-9(12)11-14-10(15-16-11)5-8-6-17-7(2)13-8/h6,9H,3-5,12H2,1-2H3. The maximum atomic E-state index is 5.91. The fourth-order valence-corrected chi connectivity index (χ4v) is 2.19. The van der Waals surface area contributed by atoms with Crippen LogP contribution in [-0.2, 0) is 6.42 Å². The average Bonchev–Trinajstić information content (AvgIpc) is 2.89. The predicted molar refractivity (Wildman–Crippen MR) is 65.8 cm³/mol. The van der Waals surface area contributed by atoms with Gasteiger partial charge in [-0.15, -0.1) is 11.3 Å². The Hall–Kier alpha value is -1.27. The molecule has 0 aliphatic carbocycles. The first-order valence-corrected chi connectivity index (χ1v) is 6.56. The highest BCUT2D eigenvalue weighted by Gasteiger charge is 2.14. The van der Waals surface area contributed by atoms with Gasteiger partial charge in [0.15, 0.2) is 5.82 Å². The molecule has 2 aromatic heterocycles. The van der Waals surface area contributed by atoms with Crippen LogP contribution < -0.4 is 5.73 Å². The highest BCUT2D eigenvalue weighted by atomic mass is 32.1. The Labute approximate surface area is 104 Å². The van der Waals surface area contributed by atoms with E-state index in [2.05, 4.69) is 22.0 Å². The third kappa shape index (κ3) is 3.10. The van der Waals surface area contributed by atoms with Gasteiger partial charge in [0, 0.05) is 5.38 Å². The zero-order valence-electron chi connectivity index (χ0n) is 10.0. The van der Waals surface area contributed by atoms with E-state index < -0.39 is 0 Å². The molecule has 92 valence electrons. The second kappa shape index (κ2) is 5.37. The minimum Gasteiger partial charge on any atom is -0.338 e. The van der Waals surface area contributed by atoms with Gasteiger partial charge in [-0.05, 0) is 13.3 Å². The largest absolute Gasteiger partial charge is 0.338 e. The Morgan fingerprint density at radius 1 is 1.47 bits per heavy atom. The molecule has 6 heteroatoms. The van der Waals surface area contributed by atoms with Crippen molar-refractivity contribution in [2.75, 3.05) is 0 Å². The van der Waals surface area contributed by atoms with E-state index in [1.165, 1.54) is 0 Å². The van der Waals surface area contributed by atoms with Gasteiger partial charge in [0.05, 0.1) is 23.2 Å². The zero-order chi connectivity index (χ0) is 12.3. The summed E-state index contributed by atoms with van der Waals surface area (Å²) in [6, 6.07) is -0.154. The van der Waals surface area contributed by atoms with Crippen LogP contribution in [0.3, 0.4) is 0 Å². The van der Waals surface area contributed by atoms with Crippen molar-refractivity contribution in [2.45, 2.75) is 39.2 Å². The maximum absolute atomic E-state index is 5.91. The Balaban J connectivity index is 2.03. The molecule has 0 spiro atoms. The molecular formula is C11H16N4OS. The van der Waals surface area contributed by atoms with Crippen molar-refractivity contribution in [3.8, 4) is 0 Å². The summed E-state index contributed by atoms with van der Waals surface area (Å²) in [6.07, 6.45) is 2.47. The summed E-state index contributed by atoms with van der Waals surface area (Å²) in [5.74, 6) is 1.17. The van der Waals surface area contributed by atoms with Crippen LogP contribution in [0, 0.1) is 6.92 Å². The van der Waals surface area contributed by atoms with Crippen LogP contribution in [-0.4, -0.2) is 15.1 Å². The number of thiazole rings is 1. The summed E-state index contributed by atoms with van der Waals surface area (Å²) >= 11 is 1.62. The minimum atomic E-state index is -0.154. The van der Waals surface area contributed by atoms with Crippen molar-refractivity contribution in [3.63, 3.8) is 0 Å². The van der Waals surface area contributed by atoms with Gasteiger partial charge < -0.3 is 10.3 Å². The van der Waals surface area contributed by atoms with E-state index in [4.69, 9.17) is 10.3 Å². The van der Waals surface area contributed by atoms with Crippen LogP contribution >= 0.6 is 11.3 Å². The van der Waals surface area contributed by atoms with Gasteiger partial charge in [-0.25, -0.2) is 4.98 Å². The van der Waals surface area contributed by atoms with Gasteiger partial charge >= 0.3 is 0 Å². The number of hydrogen-bond acceptors (Lipinski definition) is 6. The van der Waals surface area contributed by atoms with Crippen molar-refractivity contribution >= 4 is 11.3 Å². The van der Waals surface area contributed by atoms with Crippen molar-refractivity contribution in [1.82, 2.24) is 15.1 Å². The maximum Gasteiger partial charge on any atom is 0.243 e. The molecule has 0 saturated heterocycles. The van der Waals surface area contributed by atoms with Gasteiger partial charge in [-0.3, -0.25) is 0 Å². The first kappa shape index (κ1) is 12.2. The molecule has 2 rings (SSSR count). The number of hydrogen-bond donors (Lipinski definition) is 1. The summed E-state index contributed by atoms with van der Waals surface area (Å²) in [4.78, 5) is 8.66. The molecule has 1 unspecified atom stereocenters. The van der Waals surface area contributed by atoms with E-state index in [-0.39, 0.29) is 6.04 Å². The van der Waals surface area contributed by atoms with Crippen molar-refractivity contribution in [3.05, 3.63) is 27.8 Å². The highest BCUT2D eigenvalue weighted by molar-refractivity contribution is 7.09. The van der Waals surface area contributed by atoms with Crippen LogP contribution in [0.15, 0.2) is 9.90 Å². The molecule has 0 fully saturated rings. The summed E-state index contributed by atoms with van der Waals surface area (Å²) in [7, 11) is 0. The Morgan fingerprint density at radius 2 is 2.29 bits per heavy atom. The Kier molecular flexibility index (Phi) is 3.86. The van der Waals surface area contributed by atoms with E-state index in [1.54, 1.807) is 11.3 Å². The molecule has 5 nitrogen and oxygen atoms in total. The van der Waals surface area contributed by atoms with Crippen molar-refractivity contribution in [1.29, 1.82) is 0 Å². The molecule has 0 amide bonds. The van der Waals surface area contributed by atoms with Crippen LogP contribution in [0.2, 0.25) is 0 Å². The summed E-state index contributed by atoms with van der Waals surface area (Å²) < 4.78 is 5.15. The fraction of sp³-hybridized carbons (Fsp3) is 0.545. The van der Waals surface area contributed by atoms with Crippen molar-refractivity contribution in [2.24, 2.45) is 5.73 Å². The van der Waals surface area contributed by atoms with Gasteiger partial charge in [0.25, 0.3) is 0 Å². The third-order valence-electron chi connectivity index (χ3n) is 2.41. The van der Waals surface area contributed by atoms with E-state index in [0.717, 1.165) is 23.5 Å². The van der Waals surface area contributed by atoms with Crippen LogP contribution in [0.4, 0.5) is 0 Å². The zero-order valence-corrected chi connectivity index (χ0v) is 10.8. The van der Waals surface area contributed by atoms with Gasteiger partial charge in [-0.1, -0.05) is 18.5 Å². The normalized spacial score (nSPS) is 12.9. The second-order valence-corrected chi connectivity index (χ2v) is 5.04. The Bertz CT molecular complexity index is 479. The highest BCUT2D eigenvalue weighted by Crippen LogP contribution is 2.15. The van der Waals surface area contributed by atoms with E-state index >= 15 is 0 Å². The number of aromatic nitrogens is 3. The molecule has 1 atom stereocenters. The third-order valence-corrected chi connectivity index (χ3v) is 3.23. The van der Waals surface area contributed by atoms with Crippen LogP contribution in [0.1, 0.15) is 48.2 Å². The molecular weight excluding hydrogens is 236 g/mol. The second-order valence-electron chi connectivity index (χ2n) is 3.98. The topological polar surface area (TPSA) is 77.8 Å².